The van der Waals surface area contributed by atoms with Crippen molar-refractivity contribution in [1.29, 1.82) is 0 Å². The molecule has 0 N–H and O–H groups in total. The second-order valence-electron chi connectivity index (χ2n) is 6.99. The molecule has 0 aliphatic carbocycles. The highest BCUT2D eigenvalue weighted by Gasteiger charge is 2.17. The maximum Gasteiger partial charge on any atom is 0.361 e. The summed E-state index contributed by atoms with van der Waals surface area (Å²) in [5.41, 5.74) is 0. The topological polar surface area (TPSA) is 26.3 Å². The zero-order chi connectivity index (χ0) is 15.4. The van der Waals surface area contributed by atoms with E-state index in [0.29, 0.717) is 23.6 Å². The molecule has 0 aromatic rings. The summed E-state index contributed by atoms with van der Waals surface area (Å²) < 4.78 is 6.11. The number of likely N-dealkylation sites (N-methyl/N-ethyl adjacent to an activating group) is 1. The van der Waals surface area contributed by atoms with E-state index in [1.165, 1.54) is 51.4 Å². The van der Waals surface area contributed by atoms with Crippen molar-refractivity contribution in [2.75, 3.05) is 34.3 Å². The van der Waals surface area contributed by atoms with Crippen LogP contribution in [0.2, 0.25) is 0 Å². The lowest BCUT2D eigenvalue weighted by atomic mass is 9.96. The standard InChI is InChI=1S/C17H36NO2/c1-6-8-10-11-13-16(12-9-7-2)15-20-17(19)14-18(3,4)5/h16H,6-15H2,1-5H3/q+1. The lowest BCUT2D eigenvalue weighted by Crippen LogP contribution is -2.40. The largest absolute Gasteiger partial charge is 0.461 e. The summed E-state index contributed by atoms with van der Waals surface area (Å²) in [6, 6.07) is 0. The summed E-state index contributed by atoms with van der Waals surface area (Å²) in [7, 11) is 6.04. The normalized spacial score (nSPS) is 13.2. The molecular formula is C17H36NO2+. The van der Waals surface area contributed by atoms with E-state index in [4.69, 9.17) is 4.74 Å². The number of carbonyl (C=O) groups excluding carboxylic acids is 1. The maximum absolute atomic E-state index is 11.8. The van der Waals surface area contributed by atoms with Gasteiger partial charge in [0.25, 0.3) is 0 Å². The van der Waals surface area contributed by atoms with Crippen molar-refractivity contribution >= 4 is 5.97 Å². The molecule has 0 aromatic carbocycles. The van der Waals surface area contributed by atoms with Gasteiger partial charge < -0.3 is 9.22 Å². The molecule has 1 unspecified atom stereocenters. The fourth-order valence-electron chi connectivity index (χ4n) is 2.31. The molecule has 120 valence electrons. The molecule has 0 rings (SSSR count). The fourth-order valence-corrected chi connectivity index (χ4v) is 2.31. The number of esters is 1. The second-order valence-corrected chi connectivity index (χ2v) is 6.99. The number of quaternary nitrogens is 1. The Balaban J connectivity index is 3.98. The first-order valence-corrected chi connectivity index (χ1v) is 8.35. The van der Waals surface area contributed by atoms with Gasteiger partial charge >= 0.3 is 5.97 Å². The number of rotatable bonds is 12. The molecule has 0 bridgehead atoms. The molecule has 3 nitrogen and oxygen atoms in total. The van der Waals surface area contributed by atoms with Crippen molar-refractivity contribution < 1.29 is 14.0 Å². The second kappa shape index (κ2) is 11.1. The lowest BCUT2D eigenvalue weighted by molar-refractivity contribution is -0.862. The minimum atomic E-state index is -0.0624. The van der Waals surface area contributed by atoms with Crippen LogP contribution in [0.15, 0.2) is 0 Å². The van der Waals surface area contributed by atoms with Crippen molar-refractivity contribution in [2.45, 2.75) is 65.2 Å². The van der Waals surface area contributed by atoms with Crippen molar-refractivity contribution in [3.8, 4) is 0 Å². The van der Waals surface area contributed by atoms with E-state index in [2.05, 4.69) is 13.8 Å². The van der Waals surface area contributed by atoms with Crippen molar-refractivity contribution in [2.24, 2.45) is 5.92 Å². The molecule has 0 fully saturated rings. The maximum atomic E-state index is 11.8. The Kier molecular flexibility index (Phi) is 10.8. The van der Waals surface area contributed by atoms with Crippen LogP contribution in [0, 0.1) is 5.92 Å². The molecular weight excluding hydrogens is 250 g/mol. The Bertz CT molecular complexity index is 246. The number of unbranched alkanes of at least 4 members (excludes halogenated alkanes) is 4. The molecule has 0 spiro atoms. The number of hydrogen-bond donors (Lipinski definition) is 0. The van der Waals surface area contributed by atoms with Crippen LogP contribution in [0.3, 0.4) is 0 Å². The van der Waals surface area contributed by atoms with Crippen molar-refractivity contribution in [1.82, 2.24) is 0 Å². The highest BCUT2D eigenvalue weighted by atomic mass is 16.5. The van der Waals surface area contributed by atoms with Crippen LogP contribution in [0.5, 0.6) is 0 Å². The van der Waals surface area contributed by atoms with Crippen LogP contribution in [0.4, 0.5) is 0 Å². The van der Waals surface area contributed by atoms with E-state index in [1.54, 1.807) is 0 Å². The average Bonchev–Trinajstić information content (AvgIpc) is 2.34. The first-order valence-electron chi connectivity index (χ1n) is 8.35. The Morgan fingerprint density at radius 2 is 1.55 bits per heavy atom. The minimum Gasteiger partial charge on any atom is -0.461 e. The summed E-state index contributed by atoms with van der Waals surface area (Å²) >= 11 is 0. The molecule has 1 atom stereocenters. The summed E-state index contributed by atoms with van der Waals surface area (Å²) in [5, 5.41) is 0. The molecule has 0 saturated carbocycles. The van der Waals surface area contributed by atoms with Gasteiger partial charge in [-0.25, -0.2) is 4.79 Å². The summed E-state index contributed by atoms with van der Waals surface area (Å²) in [6.45, 7) is 5.53. The molecule has 20 heavy (non-hydrogen) atoms. The van der Waals surface area contributed by atoms with Crippen LogP contribution in [-0.4, -0.2) is 44.7 Å². The van der Waals surface area contributed by atoms with Gasteiger partial charge in [0, 0.05) is 0 Å². The van der Waals surface area contributed by atoms with E-state index in [0.717, 1.165) is 0 Å². The van der Waals surface area contributed by atoms with E-state index in [1.807, 2.05) is 21.1 Å². The fraction of sp³-hybridized carbons (Fsp3) is 0.941. The van der Waals surface area contributed by atoms with Gasteiger partial charge in [0.15, 0.2) is 6.54 Å². The first kappa shape index (κ1) is 19.4. The van der Waals surface area contributed by atoms with Crippen LogP contribution in [0.25, 0.3) is 0 Å². The zero-order valence-electron chi connectivity index (χ0n) is 14.4. The summed E-state index contributed by atoms with van der Waals surface area (Å²) in [4.78, 5) is 11.8. The predicted octanol–water partition coefficient (Wildman–Crippen LogP) is 4.01. The zero-order valence-corrected chi connectivity index (χ0v) is 14.4. The van der Waals surface area contributed by atoms with Gasteiger partial charge in [0.05, 0.1) is 27.7 Å². The summed E-state index contributed by atoms with van der Waals surface area (Å²) in [5.74, 6) is 0.496. The molecule has 0 radical (unpaired) electrons. The Morgan fingerprint density at radius 3 is 2.10 bits per heavy atom. The Hall–Kier alpha value is -0.570. The van der Waals surface area contributed by atoms with Gasteiger partial charge in [0.1, 0.15) is 0 Å². The van der Waals surface area contributed by atoms with Crippen molar-refractivity contribution in [3.63, 3.8) is 0 Å². The number of hydrogen-bond acceptors (Lipinski definition) is 2. The summed E-state index contributed by atoms with van der Waals surface area (Å²) in [6.07, 6.45) is 10.0. The Morgan fingerprint density at radius 1 is 0.950 bits per heavy atom. The van der Waals surface area contributed by atoms with Gasteiger partial charge in [0.2, 0.25) is 0 Å². The molecule has 0 aromatic heterocycles. The molecule has 3 heteroatoms. The molecule has 0 aliphatic rings. The van der Waals surface area contributed by atoms with Gasteiger partial charge in [-0.15, -0.1) is 0 Å². The number of carbonyl (C=O) groups is 1. The van der Waals surface area contributed by atoms with Gasteiger partial charge in [-0.2, -0.15) is 0 Å². The van der Waals surface area contributed by atoms with Gasteiger partial charge in [-0.1, -0.05) is 52.4 Å². The molecule has 0 heterocycles. The third-order valence-electron chi connectivity index (χ3n) is 3.52. The number of ether oxygens (including phenoxy) is 1. The minimum absolute atomic E-state index is 0.0624. The van der Waals surface area contributed by atoms with Crippen LogP contribution < -0.4 is 0 Å². The van der Waals surface area contributed by atoms with E-state index in [-0.39, 0.29) is 5.97 Å². The van der Waals surface area contributed by atoms with Gasteiger partial charge in [-0.05, 0) is 18.8 Å². The van der Waals surface area contributed by atoms with Crippen LogP contribution >= 0.6 is 0 Å². The smallest absolute Gasteiger partial charge is 0.361 e. The first-order chi connectivity index (χ1) is 9.39. The van der Waals surface area contributed by atoms with E-state index < -0.39 is 0 Å². The quantitative estimate of drug-likeness (QED) is 0.308. The van der Waals surface area contributed by atoms with Crippen LogP contribution in [-0.2, 0) is 9.53 Å². The van der Waals surface area contributed by atoms with Crippen molar-refractivity contribution in [3.05, 3.63) is 0 Å². The molecule has 0 saturated heterocycles. The molecule has 0 amide bonds. The highest BCUT2D eigenvalue weighted by molar-refractivity contribution is 5.70. The van der Waals surface area contributed by atoms with Gasteiger partial charge in [-0.3, -0.25) is 0 Å². The van der Waals surface area contributed by atoms with E-state index in [9.17, 15) is 4.79 Å². The lowest BCUT2D eigenvalue weighted by Gasteiger charge is -2.23. The van der Waals surface area contributed by atoms with E-state index >= 15 is 0 Å². The van der Waals surface area contributed by atoms with Crippen LogP contribution in [0.1, 0.15) is 65.2 Å². The predicted molar refractivity (Wildman–Crippen MR) is 85.6 cm³/mol. The monoisotopic (exact) mass is 286 g/mol. The molecule has 0 aliphatic heterocycles. The number of nitrogens with zero attached hydrogens (tertiary/aromatic N) is 1. The average molecular weight is 286 g/mol. The Labute approximate surface area is 126 Å². The SMILES string of the molecule is CCCCCCC(CCCC)COC(=O)C[N+](C)(C)C. The highest BCUT2D eigenvalue weighted by Crippen LogP contribution is 2.18. The third kappa shape index (κ3) is 12.5. The third-order valence-corrected chi connectivity index (χ3v) is 3.52.